The maximum absolute atomic E-state index is 12.4. The highest BCUT2D eigenvalue weighted by Gasteiger charge is 2.19. The lowest BCUT2D eigenvalue weighted by atomic mass is 10.1. The van der Waals surface area contributed by atoms with Gasteiger partial charge >= 0.3 is 12.6 Å². The molecule has 0 radical (unpaired) electrons. The van der Waals surface area contributed by atoms with E-state index in [-0.39, 0.29) is 28.8 Å². The second-order valence-electron chi connectivity index (χ2n) is 5.96. The molecule has 1 aromatic heterocycles. The first-order chi connectivity index (χ1) is 14.3. The first kappa shape index (κ1) is 20.8. The number of hydrogen-bond donors (Lipinski definition) is 2. The molecule has 2 aromatic carbocycles. The van der Waals surface area contributed by atoms with Gasteiger partial charge in [0.15, 0.2) is 29.6 Å². The lowest BCUT2D eigenvalue weighted by Crippen LogP contribution is -2.06. The van der Waals surface area contributed by atoms with E-state index >= 15 is 0 Å². The number of ether oxygens (including phenoxy) is 3. The van der Waals surface area contributed by atoms with E-state index in [9.17, 15) is 23.8 Å². The standard InChI is InChI=1S/C19H16F2N2O7/c1-9-3-5-11(16(25)15(9)24)18(26)28-8-14-22-17(23-30-14)10-4-6-12(29-19(20)21)13(7-10)27-2/h3-7,19,24-25H,8H2,1-2H3. The smallest absolute Gasteiger partial charge is 0.387 e. The molecule has 0 amide bonds. The number of aromatic hydroxyl groups is 2. The molecule has 0 aliphatic heterocycles. The molecular weight excluding hydrogens is 406 g/mol. The van der Waals surface area contributed by atoms with Crippen molar-refractivity contribution in [3.63, 3.8) is 0 Å². The number of carbonyl (C=O) groups excluding carboxylic acids is 1. The number of phenolic OH excluding ortho intramolecular Hbond substituents is 2. The Hall–Kier alpha value is -3.89. The highest BCUT2D eigenvalue weighted by molar-refractivity contribution is 5.93. The fraction of sp³-hybridized carbons (Fsp3) is 0.211. The lowest BCUT2D eigenvalue weighted by Gasteiger charge is -2.10. The summed E-state index contributed by atoms with van der Waals surface area (Å²) < 4.78 is 44.2. The Balaban J connectivity index is 1.71. The minimum absolute atomic E-state index is 0.0419. The van der Waals surface area contributed by atoms with E-state index in [1.54, 1.807) is 6.92 Å². The van der Waals surface area contributed by atoms with Crippen LogP contribution in [-0.2, 0) is 11.3 Å². The Labute approximate surface area is 168 Å². The molecule has 0 saturated carbocycles. The number of alkyl halides is 2. The molecule has 0 spiro atoms. The minimum Gasteiger partial charge on any atom is -0.504 e. The van der Waals surface area contributed by atoms with Crippen molar-refractivity contribution in [2.24, 2.45) is 0 Å². The van der Waals surface area contributed by atoms with Gasteiger partial charge in [-0.05, 0) is 36.8 Å². The minimum atomic E-state index is -3.01. The van der Waals surface area contributed by atoms with Crippen molar-refractivity contribution in [1.82, 2.24) is 10.1 Å². The lowest BCUT2D eigenvalue weighted by molar-refractivity contribution is -0.0512. The monoisotopic (exact) mass is 422 g/mol. The van der Waals surface area contributed by atoms with Crippen LogP contribution < -0.4 is 9.47 Å². The fourth-order valence-corrected chi connectivity index (χ4v) is 2.48. The van der Waals surface area contributed by atoms with Crippen molar-refractivity contribution < 1.29 is 42.5 Å². The van der Waals surface area contributed by atoms with E-state index in [1.807, 2.05) is 0 Å². The summed E-state index contributed by atoms with van der Waals surface area (Å²) in [7, 11) is 1.29. The molecule has 3 aromatic rings. The normalized spacial score (nSPS) is 10.8. The van der Waals surface area contributed by atoms with E-state index in [0.29, 0.717) is 11.1 Å². The Morgan fingerprint density at radius 2 is 1.93 bits per heavy atom. The van der Waals surface area contributed by atoms with Crippen molar-refractivity contribution in [3.05, 3.63) is 47.3 Å². The van der Waals surface area contributed by atoms with Gasteiger partial charge in [-0.15, -0.1) is 0 Å². The van der Waals surface area contributed by atoms with Crippen molar-refractivity contribution in [2.75, 3.05) is 7.11 Å². The van der Waals surface area contributed by atoms with E-state index in [0.717, 1.165) is 0 Å². The SMILES string of the molecule is COc1cc(-c2noc(COC(=O)c3ccc(C)c(O)c3O)n2)ccc1OC(F)F. The third-order valence-electron chi connectivity index (χ3n) is 4.01. The van der Waals surface area contributed by atoms with Crippen LogP contribution in [0.2, 0.25) is 0 Å². The van der Waals surface area contributed by atoms with Gasteiger partial charge in [-0.3, -0.25) is 0 Å². The molecule has 0 bridgehead atoms. The number of rotatable bonds is 7. The van der Waals surface area contributed by atoms with Crippen LogP contribution in [0.1, 0.15) is 21.8 Å². The second kappa shape index (κ2) is 8.64. The summed E-state index contributed by atoms with van der Waals surface area (Å²) in [6, 6.07) is 6.83. The second-order valence-corrected chi connectivity index (χ2v) is 5.96. The van der Waals surface area contributed by atoms with E-state index in [1.165, 1.54) is 37.4 Å². The first-order valence-electron chi connectivity index (χ1n) is 8.44. The van der Waals surface area contributed by atoms with E-state index in [4.69, 9.17) is 14.0 Å². The molecular formula is C19H16F2N2O7. The molecule has 1 heterocycles. The Kier molecular flexibility index (Phi) is 6.00. The van der Waals surface area contributed by atoms with Crippen molar-refractivity contribution >= 4 is 5.97 Å². The molecule has 9 nitrogen and oxygen atoms in total. The van der Waals surface area contributed by atoms with Gasteiger partial charge < -0.3 is 28.9 Å². The average molecular weight is 422 g/mol. The van der Waals surface area contributed by atoms with E-state index < -0.39 is 30.7 Å². The summed E-state index contributed by atoms with van der Waals surface area (Å²) in [5.41, 5.74) is 0.555. The van der Waals surface area contributed by atoms with Crippen LogP contribution in [0.15, 0.2) is 34.9 Å². The largest absolute Gasteiger partial charge is 0.504 e. The highest BCUT2D eigenvalue weighted by atomic mass is 19.3. The number of hydrogen-bond acceptors (Lipinski definition) is 9. The van der Waals surface area contributed by atoms with Gasteiger partial charge in [0.2, 0.25) is 5.82 Å². The molecule has 0 atom stereocenters. The summed E-state index contributed by atoms with van der Waals surface area (Å²) in [4.78, 5) is 16.2. The van der Waals surface area contributed by atoms with Crippen LogP contribution in [0.3, 0.4) is 0 Å². The topological polar surface area (TPSA) is 124 Å². The molecule has 2 N–H and O–H groups in total. The maximum Gasteiger partial charge on any atom is 0.387 e. The summed E-state index contributed by atoms with van der Waals surface area (Å²) in [5.74, 6) is -1.99. The van der Waals surface area contributed by atoms with Gasteiger partial charge in [-0.1, -0.05) is 11.2 Å². The zero-order valence-corrected chi connectivity index (χ0v) is 15.8. The number of aromatic nitrogens is 2. The van der Waals surface area contributed by atoms with Crippen molar-refractivity contribution in [1.29, 1.82) is 0 Å². The predicted octanol–water partition coefficient (Wildman–Crippen LogP) is 3.42. The van der Waals surface area contributed by atoms with Gasteiger partial charge in [0, 0.05) is 5.56 Å². The van der Waals surface area contributed by atoms with Gasteiger partial charge in [-0.25, -0.2) is 4.79 Å². The van der Waals surface area contributed by atoms with E-state index in [2.05, 4.69) is 14.9 Å². The quantitative estimate of drug-likeness (QED) is 0.435. The van der Waals surface area contributed by atoms with Crippen LogP contribution in [-0.4, -0.2) is 40.0 Å². The van der Waals surface area contributed by atoms with Gasteiger partial charge in [0.1, 0.15) is 5.56 Å². The summed E-state index contributed by atoms with van der Waals surface area (Å²) in [6.07, 6.45) is 0. The molecule has 0 saturated heterocycles. The highest BCUT2D eigenvalue weighted by Crippen LogP contribution is 2.33. The number of aryl methyl sites for hydroxylation is 1. The third-order valence-corrected chi connectivity index (χ3v) is 4.01. The molecule has 3 rings (SSSR count). The number of halogens is 2. The van der Waals surface area contributed by atoms with Crippen LogP contribution in [0.5, 0.6) is 23.0 Å². The molecule has 0 fully saturated rings. The molecule has 0 aliphatic rings. The number of carbonyl (C=O) groups is 1. The number of esters is 1. The summed E-state index contributed by atoms with van der Waals surface area (Å²) >= 11 is 0. The Bertz CT molecular complexity index is 1070. The van der Waals surface area contributed by atoms with Crippen molar-refractivity contribution in [2.45, 2.75) is 20.1 Å². The van der Waals surface area contributed by atoms with Crippen molar-refractivity contribution in [3.8, 4) is 34.4 Å². The molecule has 0 unspecified atom stereocenters. The molecule has 158 valence electrons. The molecule has 0 aliphatic carbocycles. The fourth-order valence-electron chi connectivity index (χ4n) is 2.48. The van der Waals surface area contributed by atoms with Crippen LogP contribution in [0, 0.1) is 6.92 Å². The van der Waals surface area contributed by atoms with Crippen LogP contribution >= 0.6 is 0 Å². The zero-order valence-electron chi connectivity index (χ0n) is 15.8. The number of methoxy groups -OCH3 is 1. The summed E-state index contributed by atoms with van der Waals surface area (Å²) in [6.45, 7) is -1.85. The number of phenols is 2. The van der Waals surface area contributed by atoms with Gasteiger partial charge in [-0.2, -0.15) is 13.8 Å². The Morgan fingerprint density at radius 1 is 1.17 bits per heavy atom. The third kappa shape index (κ3) is 4.40. The van der Waals surface area contributed by atoms with Gasteiger partial charge in [0.05, 0.1) is 7.11 Å². The summed E-state index contributed by atoms with van der Waals surface area (Å²) in [5, 5.41) is 23.3. The zero-order chi connectivity index (χ0) is 21.8. The van der Waals surface area contributed by atoms with Gasteiger partial charge in [0.25, 0.3) is 5.89 Å². The van der Waals surface area contributed by atoms with Crippen LogP contribution in [0.4, 0.5) is 8.78 Å². The first-order valence-corrected chi connectivity index (χ1v) is 8.44. The number of nitrogens with zero attached hydrogens (tertiary/aromatic N) is 2. The van der Waals surface area contributed by atoms with Crippen LogP contribution in [0.25, 0.3) is 11.4 Å². The molecule has 30 heavy (non-hydrogen) atoms. The molecule has 11 heteroatoms. The number of benzene rings is 2. The Morgan fingerprint density at radius 3 is 2.63 bits per heavy atom. The predicted molar refractivity (Wildman–Crippen MR) is 96.5 cm³/mol. The maximum atomic E-state index is 12.4. The average Bonchev–Trinajstić information content (AvgIpc) is 3.19.